The van der Waals surface area contributed by atoms with Gasteiger partial charge < -0.3 is 9.47 Å². The van der Waals surface area contributed by atoms with E-state index in [-0.39, 0.29) is 5.79 Å². The molecule has 15 heavy (non-hydrogen) atoms. The molecule has 86 valence electrons. The Balaban J connectivity index is 1.88. The van der Waals surface area contributed by atoms with E-state index in [9.17, 15) is 4.79 Å². The van der Waals surface area contributed by atoms with Crippen LogP contribution in [0.25, 0.3) is 0 Å². The summed E-state index contributed by atoms with van der Waals surface area (Å²) in [6.45, 7) is 1.47. The van der Waals surface area contributed by atoms with Crippen molar-refractivity contribution >= 4 is 5.78 Å². The van der Waals surface area contributed by atoms with Crippen LogP contribution in [0, 0.1) is 0 Å². The highest BCUT2D eigenvalue weighted by atomic mass is 16.7. The van der Waals surface area contributed by atoms with E-state index < -0.39 is 0 Å². The first-order chi connectivity index (χ1) is 7.31. The Hall–Kier alpha value is -0.410. The summed E-state index contributed by atoms with van der Waals surface area (Å²) >= 11 is 0. The van der Waals surface area contributed by atoms with Crippen molar-refractivity contribution in [3.8, 4) is 0 Å². The van der Waals surface area contributed by atoms with Crippen LogP contribution in [-0.2, 0) is 14.3 Å². The lowest BCUT2D eigenvalue weighted by atomic mass is 9.96. The lowest BCUT2D eigenvalue weighted by Gasteiger charge is -2.28. The van der Waals surface area contributed by atoms with Crippen LogP contribution in [0.4, 0.5) is 0 Å². The molecule has 0 amide bonds. The molecule has 2 aliphatic rings. The van der Waals surface area contributed by atoms with Gasteiger partial charge in [-0.25, -0.2) is 0 Å². The Morgan fingerprint density at radius 3 is 1.93 bits per heavy atom. The SMILES string of the molecule is O=C1CCCCC2(CCCC1)OCCO2. The van der Waals surface area contributed by atoms with Gasteiger partial charge in [0.25, 0.3) is 0 Å². The molecule has 1 spiro atoms. The molecular weight excluding hydrogens is 192 g/mol. The van der Waals surface area contributed by atoms with Crippen LogP contribution in [0.5, 0.6) is 0 Å². The highest BCUT2D eigenvalue weighted by molar-refractivity contribution is 5.78. The van der Waals surface area contributed by atoms with Gasteiger partial charge in [-0.05, 0) is 25.7 Å². The van der Waals surface area contributed by atoms with Crippen LogP contribution < -0.4 is 0 Å². The molecule has 1 aliphatic carbocycles. The van der Waals surface area contributed by atoms with Gasteiger partial charge in [0.05, 0.1) is 13.2 Å². The van der Waals surface area contributed by atoms with Gasteiger partial charge in [0.1, 0.15) is 5.78 Å². The first-order valence-electron chi connectivity index (χ1n) is 6.10. The third-order valence-corrected chi connectivity index (χ3v) is 3.34. The van der Waals surface area contributed by atoms with Crippen molar-refractivity contribution in [2.75, 3.05) is 13.2 Å². The van der Waals surface area contributed by atoms with Gasteiger partial charge >= 0.3 is 0 Å². The van der Waals surface area contributed by atoms with E-state index >= 15 is 0 Å². The molecule has 0 aromatic heterocycles. The predicted octanol–water partition coefficient (Wildman–Crippen LogP) is 2.43. The number of hydrogen-bond donors (Lipinski definition) is 0. The summed E-state index contributed by atoms with van der Waals surface area (Å²) < 4.78 is 11.5. The van der Waals surface area contributed by atoms with Crippen molar-refractivity contribution in [2.45, 2.75) is 57.2 Å². The molecular formula is C12H20O3. The summed E-state index contributed by atoms with van der Waals surface area (Å²) in [4.78, 5) is 11.4. The Kier molecular flexibility index (Phi) is 3.76. The number of rotatable bonds is 0. The lowest BCUT2D eigenvalue weighted by Crippen LogP contribution is -2.30. The molecule has 0 unspecified atom stereocenters. The molecule has 0 N–H and O–H groups in total. The number of hydrogen-bond acceptors (Lipinski definition) is 3. The average molecular weight is 212 g/mol. The summed E-state index contributed by atoms with van der Waals surface area (Å²) in [5.41, 5.74) is 0. The van der Waals surface area contributed by atoms with Crippen LogP contribution in [0.2, 0.25) is 0 Å². The molecule has 2 rings (SSSR count). The summed E-state index contributed by atoms with van der Waals surface area (Å²) in [6.07, 6.45) is 7.49. The quantitative estimate of drug-likeness (QED) is 0.618. The first-order valence-corrected chi connectivity index (χ1v) is 6.10. The van der Waals surface area contributed by atoms with Crippen molar-refractivity contribution in [3.63, 3.8) is 0 Å². The monoisotopic (exact) mass is 212 g/mol. The average Bonchev–Trinajstić information content (AvgIpc) is 2.69. The maximum absolute atomic E-state index is 11.4. The van der Waals surface area contributed by atoms with E-state index in [0.717, 1.165) is 64.6 Å². The predicted molar refractivity (Wildman–Crippen MR) is 56.6 cm³/mol. The van der Waals surface area contributed by atoms with Gasteiger partial charge in [-0.3, -0.25) is 4.79 Å². The van der Waals surface area contributed by atoms with Crippen LogP contribution in [0.15, 0.2) is 0 Å². The lowest BCUT2D eigenvalue weighted by molar-refractivity contribution is -0.169. The van der Waals surface area contributed by atoms with Crippen molar-refractivity contribution in [3.05, 3.63) is 0 Å². The summed E-state index contributed by atoms with van der Waals surface area (Å²) in [6, 6.07) is 0. The summed E-state index contributed by atoms with van der Waals surface area (Å²) in [5.74, 6) is 0.139. The second-order valence-corrected chi connectivity index (χ2v) is 4.56. The molecule has 3 nitrogen and oxygen atoms in total. The topological polar surface area (TPSA) is 35.5 Å². The number of carbonyl (C=O) groups is 1. The highest BCUT2D eigenvalue weighted by Crippen LogP contribution is 2.32. The van der Waals surface area contributed by atoms with E-state index in [1.807, 2.05) is 0 Å². The molecule has 3 heteroatoms. The Bertz CT molecular complexity index is 203. The van der Waals surface area contributed by atoms with Crippen LogP contribution >= 0.6 is 0 Å². The van der Waals surface area contributed by atoms with E-state index in [0.29, 0.717) is 5.78 Å². The van der Waals surface area contributed by atoms with Crippen molar-refractivity contribution < 1.29 is 14.3 Å². The molecule has 1 heterocycles. The second kappa shape index (κ2) is 5.08. The maximum atomic E-state index is 11.4. The molecule has 1 saturated heterocycles. The molecule has 0 atom stereocenters. The Morgan fingerprint density at radius 1 is 0.867 bits per heavy atom. The standard InChI is InChI=1S/C12H20O3/c13-11-5-1-3-7-12(8-4-2-6-11)14-9-10-15-12/h1-10H2. The van der Waals surface area contributed by atoms with Gasteiger partial charge in [-0.1, -0.05) is 0 Å². The number of ketones is 1. The van der Waals surface area contributed by atoms with Crippen molar-refractivity contribution in [1.29, 1.82) is 0 Å². The molecule has 0 bridgehead atoms. The fourth-order valence-electron chi connectivity index (χ4n) is 2.47. The van der Waals surface area contributed by atoms with Crippen LogP contribution in [-0.4, -0.2) is 24.8 Å². The van der Waals surface area contributed by atoms with Crippen molar-refractivity contribution in [1.82, 2.24) is 0 Å². The van der Waals surface area contributed by atoms with E-state index in [1.54, 1.807) is 0 Å². The summed E-state index contributed by atoms with van der Waals surface area (Å²) in [5, 5.41) is 0. The van der Waals surface area contributed by atoms with Gasteiger partial charge in [0, 0.05) is 25.7 Å². The third kappa shape index (κ3) is 3.02. The second-order valence-electron chi connectivity index (χ2n) is 4.56. The molecule has 0 radical (unpaired) electrons. The number of Topliss-reactive ketones (excluding diaryl/α,β-unsaturated/α-hetero) is 1. The fraction of sp³-hybridized carbons (Fsp3) is 0.917. The van der Waals surface area contributed by atoms with Gasteiger partial charge in [-0.2, -0.15) is 0 Å². The van der Waals surface area contributed by atoms with Gasteiger partial charge in [0.15, 0.2) is 5.79 Å². The third-order valence-electron chi connectivity index (χ3n) is 3.34. The molecule has 1 aliphatic heterocycles. The number of carbonyl (C=O) groups excluding carboxylic acids is 1. The van der Waals surface area contributed by atoms with Gasteiger partial charge in [-0.15, -0.1) is 0 Å². The Labute approximate surface area is 91.1 Å². The van der Waals surface area contributed by atoms with Crippen molar-refractivity contribution in [2.24, 2.45) is 0 Å². The van der Waals surface area contributed by atoms with E-state index in [4.69, 9.17) is 9.47 Å². The minimum absolute atomic E-state index is 0.291. The molecule has 2 fully saturated rings. The highest BCUT2D eigenvalue weighted by Gasteiger charge is 2.35. The largest absolute Gasteiger partial charge is 0.348 e. The fourth-order valence-corrected chi connectivity index (χ4v) is 2.47. The minimum atomic E-state index is -0.291. The number of ether oxygens (including phenoxy) is 2. The maximum Gasteiger partial charge on any atom is 0.168 e. The smallest absolute Gasteiger partial charge is 0.168 e. The first kappa shape index (κ1) is 11.1. The van der Waals surface area contributed by atoms with Crippen LogP contribution in [0.3, 0.4) is 0 Å². The zero-order valence-electron chi connectivity index (χ0n) is 9.30. The van der Waals surface area contributed by atoms with Gasteiger partial charge in [0.2, 0.25) is 0 Å². The molecule has 1 saturated carbocycles. The Morgan fingerprint density at radius 2 is 1.40 bits per heavy atom. The van der Waals surface area contributed by atoms with E-state index in [2.05, 4.69) is 0 Å². The van der Waals surface area contributed by atoms with Crippen LogP contribution in [0.1, 0.15) is 51.4 Å². The minimum Gasteiger partial charge on any atom is -0.348 e. The zero-order chi connectivity index (χ0) is 10.6. The zero-order valence-corrected chi connectivity index (χ0v) is 9.30. The normalized spacial score (nSPS) is 28.1. The van der Waals surface area contributed by atoms with E-state index in [1.165, 1.54) is 0 Å². The summed E-state index contributed by atoms with van der Waals surface area (Å²) in [7, 11) is 0. The molecule has 0 aromatic rings. The molecule has 0 aromatic carbocycles.